The lowest BCUT2D eigenvalue weighted by Gasteiger charge is -2.12. The minimum atomic E-state index is -4.69. The number of carbonyl (C=O) groups is 1. The summed E-state index contributed by atoms with van der Waals surface area (Å²) in [6, 6.07) is 9.74. The zero-order valence-corrected chi connectivity index (χ0v) is 18.1. The number of rotatable bonds is 8. The van der Waals surface area contributed by atoms with Gasteiger partial charge >= 0.3 is 6.18 Å². The van der Waals surface area contributed by atoms with Gasteiger partial charge in [0, 0.05) is 24.7 Å². The number of nitro benzene ring substituents is 1. The number of nitrogens with zero attached hydrogens (tertiary/aromatic N) is 3. The Morgan fingerprint density at radius 3 is 2.67 bits per heavy atom. The van der Waals surface area contributed by atoms with Gasteiger partial charge in [-0.2, -0.15) is 18.3 Å². The van der Waals surface area contributed by atoms with Gasteiger partial charge < -0.3 is 10.6 Å². The lowest BCUT2D eigenvalue weighted by molar-refractivity contribution is -0.384. The number of halogens is 3. The summed E-state index contributed by atoms with van der Waals surface area (Å²) in [7, 11) is 0. The Kier molecular flexibility index (Phi) is 7.11. The first-order valence-electron chi connectivity index (χ1n) is 9.64. The van der Waals surface area contributed by atoms with E-state index in [0.29, 0.717) is 11.9 Å². The lowest BCUT2D eigenvalue weighted by atomic mass is 10.1. The van der Waals surface area contributed by atoms with Crippen LogP contribution >= 0.6 is 12.2 Å². The fraction of sp³-hybridized carbons (Fsp3) is 0.250. The highest BCUT2D eigenvalue weighted by molar-refractivity contribution is 7.71. The molecular formula is C20H19F3N6O3S. The third-order valence-electron chi connectivity index (χ3n) is 4.62. The summed E-state index contributed by atoms with van der Waals surface area (Å²) < 4.78 is 40.2. The number of aromatic nitrogens is 3. The molecule has 3 aromatic rings. The number of nitrogens with one attached hydrogen (secondary N) is 3. The number of aromatic amines is 1. The van der Waals surface area contributed by atoms with Crippen molar-refractivity contribution < 1.29 is 22.9 Å². The van der Waals surface area contributed by atoms with E-state index in [1.807, 2.05) is 31.2 Å². The van der Waals surface area contributed by atoms with Crippen LogP contribution in [0.2, 0.25) is 0 Å². The Hall–Kier alpha value is -3.74. The van der Waals surface area contributed by atoms with Gasteiger partial charge in [-0.15, -0.1) is 0 Å². The molecule has 0 spiro atoms. The molecule has 1 heterocycles. The molecule has 0 saturated carbocycles. The van der Waals surface area contributed by atoms with Crippen LogP contribution in [0.25, 0.3) is 11.4 Å². The van der Waals surface area contributed by atoms with E-state index in [4.69, 9.17) is 12.2 Å². The Bertz CT molecular complexity index is 1240. The van der Waals surface area contributed by atoms with Gasteiger partial charge in [0.25, 0.3) is 5.69 Å². The van der Waals surface area contributed by atoms with Crippen molar-refractivity contribution in [2.75, 3.05) is 18.4 Å². The number of amides is 1. The number of hydrogen-bond donors (Lipinski definition) is 3. The van der Waals surface area contributed by atoms with E-state index < -0.39 is 22.4 Å². The van der Waals surface area contributed by atoms with Crippen LogP contribution in [0, 0.1) is 21.8 Å². The topological polar surface area (TPSA) is 118 Å². The monoisotopic (exact) mass is 480 g/mol. The van der Waals surface area contributed by atoms with Crippen molar-refractivity contribution in [3.05, 3.63) is 68.5 Å². The van der Waals surface area contributed by atoms with Gasteiger partial charge in [0.15, 0.2) is 10.6 Å². The SMILES string of the molecule is Cc1cccc(-c2n[nH]c(=S)n2CC(=O)NCCNc2ccc(C(F)(F)F)cc2[N+](=O)[O-])c1. The first-order chi connectivity index (χ1) is 15.6. The molecule has 0 aliphatic carbocycles. The molecule has 1 aromatic heterocycles. The summed E-state index contributed by atoms with van der Waals surface area (Å²) in [5.74, 6) is 0.113. The van der Waals surface area contributed by atoms with Crippen LogP contribution in [0.5, 0.6) is 0 Å². The molecule has 1 amide bonds. The first-order valence-corrected chi connectivity index (χ1v) is 10.1. The van der Waals surface area contributed by atoms with Gasteiger partial charge in [-0.3, -0.25) is 24.6 Å². The predicted octanol–water partition coefficient (Wildman–Crippen LogP) is 4.07. The molecule has 0 aliphatic heterocycles. The number of hydrogen-bond acceptors (Lipinski definition) is 6. The summed E-state index contributed by atoms with van der Waals surface area (Å²) in [6.07, 6.45) is -4.69. The fourth-order valence-corrected chi connectivity index (χ4v) is 3.27. The highest BCUT2D eigenvalue weighted by Gasteiger charge is 2.33. The number of carbonyl (C=O) groups excluding carboxylic acids is 1. The molecule has 0 unspecified atom stereocenters. The number of aryl methyl sites for hydroxylation is 1. The number of nitro groups is 1. The summed E-state index contributed by atoms with van der Waals surface area (Å²) in [6.45, 7) is 1.94. The Morgan fingerprint density at radius 1 is 1.24 bits per heavy atom. The molecule has 0 fully saturated rings. The second-order valence-electron chi connectivity index (χ2n) is 7.07. The van der Waals surface area contributed by atoms with Gasteiger partial charge in [-0.25, -0.2) is 0 Å². The lowest BCUT2D eigenvalue weighted by Crippen LogP contribution is -2.32. The van der Waals surface area contributed by atoms with Crippen molar-refractivity contribution in [3.63, 3.8) is 0 Å². The summed E-state index contributed by atoms with van der Waals surface area (Å²) in [5, 5.41) is 23.3. The van der Waals surface area contributed by atoms with Crippen molar-refractivity contribution in [3.8, 4) is 11.4 Å². The average molecular weight is 480 g/mol. The quantitative estimate of drug-likeness (QED) is 0.194. The minimum Gasteiger partial charge on any atom is -0.378 e. The maximum Gasteiger partial charge on any atom is 0.416 e. The van der Waals surface area contributed by atoms with Crippen LogP contribution in [-0.2, 0) is 17.5 Å². The van der Waals surface area contributed by atoms with Crippen molar-refractivity contribution in [2.24, 2.45) is 0 Å². The molecule has 9 nitrogen and oxygen atoms in total. The smallest absolute Gasteiger partial charge is 0.378 e. The molecule has 0 aliphatic rings. The Balaban J connectivity index is 1.60. The molecule has 0 saturated heterocycles. The molecule has 2 aromatic carbocycles. The van der Waals surface area contributed by atoms with Crippen LogP contribution in [-0.4, -0.2) is 38.7 Å². The third-order valence-corrected chi connectivity index (χ3v) is 4.93. The fourth-order valence-electron chi connectivity index (χ4n) is 3.08. The molecule has 0 atom stereocenters. The second kappa shape index (κ2) is 9.81. The molecule has 0 bridgehead atoms. The van der Waals surface area contributed by atoms with Crippen LogP contribution in [0.3, 0.4) is 0 Å². The third kappa shape index (κ3) is 5.94. The van der Waals surface area contributed by atoms with Gasteiger partial charge in [0.05, 0.1) is 10.5 Å². The zero-order chi connectivity index (χ0) is 24.2. The number of anilines is 1. The molecule has 33 heavy (non-hydrogen) atoms. The van der Waals surface area contributed by atoms with Crippen LogP contribution in [0.15, 0.2) is 42.5 Å². The number of H-pyrrole nitrogens is 1. The van der Waals surface area contributed by atoms with Crippen molar-refractivity contribution in [1.82, 2.24) is 20.1 Å². The predicted molar refractivity (Wildman–Crippen MR) is 117 cm³/mol. The Morgan fingerprint density at radius 2 is 2.00 bits per heavy atom. The van der Waals surface area contributed by atoms with E-state index in [2.05, 4.69) is 20.8 Å². The largest absolute Gasteiger partial charge is 0.416 e. The Labute approximate surface area is 190 Å². The van der Waals surface area contributed by atoms with E-state index >= 15 is 0 Å². The molecule has 174 valence electrons. The van der Waals surface area contributed by atoms with Crippen LogP contribution < -0.4 is 10.6 Å². The van der Waals surface area contributed by atoms with Crippen molar-refractivity contribution in [1.29, 1.82) is 0 Å². The van der Waals surface area contributed by atoms with E-state index in [9.17, 15) is 28.1 Å². The first kappa shape index (κ1) is 23.9. The van der Waals surface area contributed by atoms with Gasteiger partial charge in [-0.05, 0) is 37.3 Å². The summed E-state index contributed by atoms with van der Waals surface area (Å²) in [4.78, 5) is 22.6. The van der Waals surface area contributed by atoms with E-state index in [1.54, 1.807) is 0 Å². The van der Waals surface area contributed by atoms with Gasteiger partial charge in [0.2, 0.25) is 5.91 Å². The molecular weight excluding hydrogens is 461 g/mol. The van der Waals surface area contributed by atoms with Gasteiger partial charge in [-0.1, -0.05) is 23.8 Å². The molecule has 3 N–H and O–H groups in total. The van der Waals surface area contributed by atoms with E-state index in [1.165, 1.54) is 4.57 Å². The van der Waals surface area contributed by atoms with Crippen molar-refractivity contribution >= 4 is 29.5 Å². The highest BCUT2D eigenvalue weighted by Crippen LogP contribution is 2.34. The zero-order valence-electron chi connectivity index (χ0n) is 17.3. The summed E-state index contributed by atoms with van der Waals surface area (Å²) in [5.41, 5.74) is -0.105. The average Bonchev–Trinajstić information content (AvgIpc) is 3.10. The van der Waals surface area contributed by atoms with Gasteiger partial charge in [0.1, 0.15) is 12.2 Å². The number of alkyl halides is 3. The maximum absolute atomic E-state index is 12.8. The minimum absolute atomic E-state index is 0.0550. The molecule has 0 radical (unpaired) electrons. The van der Waals surface area contributed by atoms with Crippen LogP contribution in [0.1, 0.15) is 11.1 Å². The highest BCUT2D eigenvalue weighted by atomic mass is 32.1. The molecule has 3 rings (SSSR count). The van der Waals surface area contributed by atoms with Crippen molar-refractivity contribution in [2.45, 2.75) is 19.6 Å². The summed E-state index contributed by atoms with van der Waals surface area (Å²) >= 11 is 5.21. The second-order valence-corrected chi connectivity index (χ2v) is 7.46. The maximum atomic E-state index is 12.8. The van der Waals surface area contributed by atoms with E-state index in [-0.39, 0.29) is 36.0 Å². The normalized spacial score (nSPS) is 11.3. The number of benzene rings is 2. The standard InChI is InChI=1S/C20H19F3N6O3S/c1-12-3-2-4-13(9-12)18-26-27-19(33)28(18)11-17(30)25-8-7-24-15-6-5-14(20(21,22)23)10-16(15)29(31)32/h2-6,9-10,24H,7-8,11H2,1H3,(H,25,30)(H,27,33). The molecule has 13 heteroatoms. The van der Waals surface area contributed by atoms with E-state index in [0.717, 1.165) is 23.3 Å². The van der Waals surface area contributed by atoms with Crippen LogP contribution in [0.4, 0.5) is 24.5 Å².